The maximum absolute atomic E-state index is 5.49. The number of rotatable bonds is 2. The van der Waals surface area contributed by atoms with Crippen molar-refractivity contribution in [1.29, 1.82) is 0 Å². The van der Waals surface area contributed by atoms with Crippen molar-refractivity contribution in [3.05, 3.63) is 53.6 Å². The lowest BCUT2D eigenvalue weighted by molar-refractivity contribution is 0.413. The molecule has 0 heterocycles. The van der Waals surface area contributed by atoms with E-state index in [0.717, 1.165) is 5.75 Å². The summed E-state index contributed by atoms with van der Waals surface area (Å²) in [6.45, 7) is 4.19. The van der Waals surface area contributed by atoms with Gasteiger partial charge in [-0.3, -0.25) is 0 Å². The summed E-state index contributed by atoms with van der Waals surface area (Å²) < 4.78 is 5.49. The Morgan fingerprint density at radius 3 is 2.25 bits per heavy atom. The molecule has 0 N–H and O–H groups in total. The van der Waals surface area contributed by atoms with Gasteiger partial charge in [0.1, 0.15) is 5.75 Å². The molecule has 0 unspecified atom stereocenters. The van der Waals surface area contributed by atoms with E-state index in [4.69, 9.17) is 4.74 Å². The second-order valence-corrected chi connectivity index (χ2v) is 4.03. The highest BCUT2D eigenvalue weighted by molar-refractivity contribution is 5.72. The number of methoxy groups -OCH3 is 1. The van der Waals surface area contributed by atoms with E-state index in [1.54, 1.807) is 7.11 Å². The van der Waals surface area contributed by atoms with Crippen LogP contribution in [0.1, 0.15) is 11.1 Å². The third-order valence-electron chi connectivity index (χ3n) is 2.71. The van der Waals surface area contributed by atoms with E-state index >= 15 is 0 Å². The molecule has 0 bridgehead atoms. The fourth-order valence-corrected chi connectivity index (χ4v) is 2.06. The second-order valence-electron chi connectivity index (χ2n) is 4.03. The normalized spacial score (nSPS) is 10.2. The average molecular weight is 212 g/mol. The highest BCUT2D eigenvalue weighted by atomic mass is 16.5. The molecule has 0 aromatic heterocycles. The van der Waals surface area contributed by atoms with E-state index in [1.165, 1.54) is 22.3 Å². The fourth-order valence-electron chi connectivity index (χ4n) is 2.06. The molecule has 1 heteroatoms. The van der Waals surface area contributed by atoms with Crippen molar-refractivity contribution < 1.29 is 4.74 Å². The molecule has 0 radical (unpaired) electrons. The predicted molar refractivity (Wildman–Crippen MR) is 67.9 cm³/mol. The summed E-state index contributed by atoms with van der Waals surface area (Å²) in [6, 6.07) is 14.7. The van der Waals surface area contributed by atoms with Crippen LogP contribution in [0, 0.1) is 13.8 Å². The van der Waals surface area contributed by atoms with Crippen LogP contribution in [-0.4, -0.2) is 7.11 Å². The van der Waals surface area contributed by atoms with Crippen molar-refractivity contribution in [3.63, 3.8) is 0 Å². The van der Waals surface area contributed by atoms with Gasteiger partial charge in [0.15, 0.2) is 0 Å². The van der Waals surface area contributed by atoms with Gasteiger partial charge in [0.2, 0.25) is 0 Å². The summed E-state index contributed by atoms with van der Waals surface area (Å²) in [6.07, 6.45) is 0. The average Bonchev–Trinajstić information content (AvgIpc) is 2.29. The van der Waals surface area contributed by atoms with Crippen LogP contribution in [0.25, 0.3) is 11.1 Å². The molecule has 2 aromatic carbocycles. The van der Waals surface area contributed by atoms with E-state index in [-0.39, 0.29) is 0 Å². The van der Waals surface area contributed by atoms with Crippen LogP contribution in [0.15, 0.2) is 42.5 Å². The molecule has 0 aliphatic carbocycles. The Labute approximate surface area is 96.7 Å². The van der Waals surface area contributed by atoms with Crippen LogP contribution >= 0.6 is 0 Å². The van der Waals surface area contributed by atoms with Crippen LogP contribution in [0.5, 0.6) is 5.75 Å². The van der Waals surface area contributed by atoms with Crippen molar-refractivity contribution >= 4 is 0 Å². The monoisotopic (exact) mass is 212 g/mol. The van der Waals surface area contributed by atoms with Crippen LogP contribution in [-0.2, 0) is 0 Å². The summed E-state index contributed by atoms with van der Waals surface area (Å²) >= 11 is 0. The summed E-state index contributed by atoms with van der Waals surface area (Å²) in [5.41, 5.74) is 4.81. The van der Waals surface area contributed by atoms with Gasteiger partial charge in [0.05, 0.1) is 7.11 Å². The van der Waals surface area contributed by atoms with E-state index in [2.05, 4.69) is 38.1 Å². The zero-order valence-corrected chi connectivity index (χ0v) is 9.95. The van der Waals surface area contributed by atoms with Gasteiger partial charge in [-0.15, -0.1) is 0 Å². The predicted octanol–water partition coefficient (Wildman–Crippen LogP) is 3.98. The standard InChI is InChI=1S/C15H16O/c1-11-9-12(2)15(16-3)14(10-11)13-7-5-4-6-8-13/h4-10H,1-3H3. The summed E-state index contributed by atoms with van der Waals surface area (Å²) in [5, 5.41) is 0. The molecule has 0 spiro atoms. The molecule has 0 atom stereocenters. The first-order valence-corrected chi connectivity index (χ1v) is 5.43. The topological polar surface area (TPSA) is 9.23 Å². The van der Waals surface area contributed by atoms with Crippen LogP contribution in [0.3, 0.4) is 0 Å². The van der Waals surface area contributed by atoms with Crippen molar-refractivity contribution in [2.75, 3.05) is 7.11 Å². The van der Waals surface area contributed by atoms with Gasteiger partial charge in [-0.05, 0) is 36.6 Å². The molecular weight excluding hydrogens is 196 g/mol. The largest absolute Gasteiger partial charge is 0.496 e. The minimum Gasteiger partial charge on any atom is -0.496 e. The SMILES string of the molecule is COc1c(C)cc(C)cc1-c1ccccc1. The Kier molecular flexibility index (Phi) is 2.95. The fraction of sp³-hybridized carbons (Fsp3) is 0.200. The smallest absolute Gasteiger partial charge is 0.129 e. The van der Waals surface area contributed by atoms with Crippen molar-refractivity contribution in [1.82, 2.24) is 0 Å². The van der Waals surface area contributed by atoms with Crippen LogP contribution in [0.4, 0.5) is 0 Å². The van der Waals surface area contributed by atoms with E-state index in [1.807, 2.05) is 18.2 Å². The van der Waals surface area contributed by atoms with Gasteiger partial charge in [-0.25, -0.2) is 0 Å². The number of aryl methyl sites for hydroxylation is 2. The first-order valence-electron chi connectivity index (χ1n) is 5.43. The van der Waals surface area contributed by atoms with Crippen molar-refractivity contribution in [2.45, 2.75) is 13.8 Å². The summed E-state index contributed by atoms with van der Waals surface area (Å²) in [5.74, 6) is 0.969. The molecule has 0 amide bonds. The summed E-state index contributed by atoms with van der Waals surface area (Å²) in [4.78, 5) is 0. The molecule has 1 nitrogen and oxygen atoms in total. The third-order valence-corrected chi connectivity index (χ3v) is 2.71. The molecule has 0 saturated heterocycles. The van der Waals surface area contributed by atoms with Crippen LogP contribution < -0.4 is 4.74 Å². The maximum Gasteiger partial charge on any atom is 0.129 e. The number of ether oxygens (including phenoxy) is 1. The molecule has 2 rings (SSSR count). The minimum atomic E-state index is 0.969. The molecule has 16 heavy (non-hydrogen) atoms. The zero-order chi connectivity index (χ0) is 11.5. The molecule has 0 aliphatic rings. The molecule has 0 saturated carbocycles. The maximum atomic E-state index is 5.49. The van der Waals surface area contributed by atoms with Crippen molar-refractivity contribution in [2.24, 2.45) is 0 Å². The lowest BCUT2D eigenvalue weighted by Crippen LogP contribution is -1.92. The highest BCUT2D eigenvalue weighted by Gasteiger charge is 2.08. The Morgan fingerprint density at radius 2 is 1.62 bits per heavy atom. The molecule has 2 aromatic rings. The third kappa shape index (κ3) is 1.94. The summed E-state index contributed by atoms with van der Waals surface area (Å²) in [7, 11) is 1.73. The Bertz CT molecular complexity index is 486. The Balaban J connectivity index is 2.64. The number of hydrogen-bond donors (Lipinski definition) is 0. The molecule has 82 valence electrons. The van der Waals surface area contributed by atoms with E-state index < -0.39 is 0 Å². The lowest BCUT2D eigenvalue weighted by Gasteiger charge is -2.12. The van der Waals surface area contributed by atoms with Gasteiger partial charge >= 0.3 is 0 Å². The lowest BCUT2D eigenvalue weighted by atomic mass is 9.99. The molecule has 0 aliphatic heterocycles. The van der Waals surface area contributed by atoms with Gasteiger partial charge in [0, 0.05) is 5.56 Å². The molecule has 0 fully saturated rings. The Hall–Kier alpha value is -1.76. The first-order chi connectivity index (χ1) is 7.72. The van der Waals surface area contributed by atoms with E-state index in [0.29, 0.717) is 0 Å². The van der Waals surface area contributed by atoms with E-state index in [9.17, 15) is 0 Å². The van der Waals surface area contributed by atoms with Gasteiger partial charge < -0.3 is 4.74 Å². The quantitative estimate of drug-likeness (QED) is 0.731. The second kappa shape index (κ2) is 4.40. The minimum absolute atomic E-state index is 0.969. The highest BCUT2D eigenvalue weighted by Crippen LogP contribution is 2.33. The van der Waals surface area contributed by atoms with Crippen molar-refractivity contribution in [3.8, 4) is 16.9 Å². The van der Waals surface area contributed by atoms with Gasteiger partial charge in [0.25, 0.3) is 0 Å². The Morgan fingerprint density at radius 1 is 0.938 bits per heavy atom. The number of benzene rings is 2. The van der Waals surface area contributed by atoms with Crippen LogP contribution in [0.2, 0.25) is 0 Å². The number of hydrogen-bond acceptors (Lipinski definition) is 1. The van der Waals surface area contributed by atoms with Gasteiger partial charge in [-0.2, -0.15) is 0 Å². The first kappa shape index (κ1) is 10.7. The van der Waals surface area contributed by atoms with Gasteiger partial charge in [-0.1, -0.05) is 36.4 Å². The molecular formula is C15H16O. The zero-order valence-electron chi connectivity index (χ0n) is 9.95.